The van der Waals surface area contributed by atoms with Gasteiger partial charge in [-0.1, -0.05) is 25.4 Å². The van der Waals surface area contributed by atoms with E-state index in [2.05, 4.69) is 16.0 Å². The smallest absolute Gasteiger partial charge is 0.372 e. The fourth-order valence-electron chi connectivity index (χ4n) is 2.58. The number of amides is 2. The molecular weight excluding hydrogens is 407 g/mol. The van der Waals surface area contributed by atoms with E-state index in [1.165, 1.54) is 13.1 Å². The van der Waals surface area contributed by atoms with Crippen LogP contribution in [0, 0.1) is 5.92 Å². The van der Waals surface area contributed by atoms with E-state index in [0.717, 1.165) is 12.1 Å². The summed E-state index contributed by atoms with van der Waals surface area (Å²) in [6.45, 7) is 3.59. The second-order valence-electron chi connectivity index (χ2n) is 6.70. The van der Waals surface area contributed by atoms with Crippen molar-refractivity contribution in [3.8, 4) is 0 Å². The Hall–Kier alpha value is -2.74. The Bertz CT molecular complexity index is 884. The molecule has 2 rings (SSSR count). The van der Waals surface area contributed by atoms with Crippen LogP contribution in [0.2, 0.25) is 5.02 Å². The van der Waals surface area contributed by atoms with Crippen molar-refractivity contribution in [2.45, 2.75) is 26.1 Å². The molecule has 0 saturated carbocycles. The monoisotopic (exact) mass is 427 g/mol. The fourth-order valence-corrected chi connectivity index (χ4v) is 2.82. The molecule has 0 radical (unpaired) electrons. The average molecular weight is 428 g/mol. The van der Waals surface area contributed by atoms with Crippen molar-refractivity contribution in [1.29, 1.82) is 0 Å². The molecule has 0 fully saturated rings. The molecule has 156 valence electrons. The van der Waals surface area contributed by atoms with Crippen molar-refractivity contribution in [3.05, 3.63) is 58.6 Å². The van der Waals surface area contributed by atoms with Gasteiger partial charge in [0, 0.05) is 18.3 Å². The van der Waals surface area contributed by atoms with Crippen LogP contribution in [-0.4, -0.2) is 24.9 Å². The molecule has 1 unspecified atom stereocenters. The highest BCUT2D eigenvalue weighted by Gasteiger charge is 2.31. The number of anilines is 2. The van der Waals surface area contributed by atoms with E-state index in [9.17, 15) is 22.8 Å². The number of benzene rings is 2. The second kappa shape index (κ2) is 9.17. The van der Waals surface area contributed by atoms with Crippen molar-refractivity contribution >= 4 is 34.8 Å². The van der Waals surface area contributed by atoms with Gasteiger partial charge in [0.25, 0.3) is 5.91 Å². The first-order valence-corrected chi connectivity index (χ1v) is 9.17. The van der Waals surface area contributed by atoms with Gasteiger partial charge in [0.2, 0.25) is 5.91 Å². The van der Waals surface area contributed by atoms with Crippen molar-refractivity contribution in [1.82, 2.24) is 5.32 Å². The SMILES string of the molecule is CNC(=O)c1ccc(NC(=O)C(Nc2ccc(C(F)(F)F)cc2Cl)C(C)C)cc1. The number of nitrogens with one attached hydrogen (secondary N) is 3. The summed E-state index contributed by atoms with van der Waals surface area (Å²) < 4.78 is 38.4. The van der Waals surface area contributed by atoms with Crippen LogP contribution in [0.1, 0.15) is 29.8 Å². The van der Waals surface area contributed by atoms with E-state index in [-0.39, 0.29) is 28.4 Å². The topological polar surface area (TPSA) is 70.2 Å². The predicted octanol–water partition coefficient (Wildman–Crippen LogP) is 4.79. The second-order valence-corrected chi connectivity index (χ2v) is 7.11. The lowest BCUT2D eigenvalue weighted by Gasteiger charge is -2.24. The van der Waals surface area contributed by atoms with Crippen LogP contribution in [0.3, 0.4) is 0 Å². The first-order valence-electron chi connectivity index (χ1n) is 8.79. The maximum Gasteiger partial charge on any atom is 0.416 e. The molecule has 0 aliphatic heterocycles. The van der Waals surface area contributed by atoms with Gasteiger partial charge in [-0.2, -0.15) is 13.2 Å². The molecule has 0 saturated heterocycles. The Morgan fingerprint density at radius 1 is 1.03 bits per heavy atom. The van der Waals surface area contributed by atoms with Crippen LogP contribution in [0.5, 0.6) is 0 Å². The van der Waals surface area contributed by atoms with E-state index in [0.29, 0.717) is 11.3 Å². The normalized spacial score (nSPS) is 12.4. The van der Waals surface area contributed by atoms with Crippen molar-refractivity contribution in [2.75, 3.05) is 17.7 Å². The maximum atomic E-state index is 12.8. The van der Waals surface area contributed by atoms with Gasteiger partial charge in [-0.15, -0.1) is 0 Å². The van der Waals surface area contributed by atoms with Gasteiger partial charge in [-0.05, 0) is 48.4 Å². The Morgan fingerprint density at radius 3 is 2.14 bits per heavy atom. The van der Waals surface area contributed by atoms with Crippen LogP contribution >= 0.6 is 11.6 Å². The molecule has 0 bridgehead atoms. The third-order valence-electron chi connectivity index (χ3n) is 4.20. The van der Waals surface area contributed by atoms with Crippen molar-refractivity contribution < 1.29 is 22.8 Å². The zero-order valence-corrected chi connectivity index (χ0v) is 16.8. The van der Waals surface area contributed by atoms with Crippen LogP contribution in [-0.2, 0) is 11.0 Å². The summed E-state index contributed by atoms with van der Waals surface area (Å²) in [7, 11) is 1.52. The molecule has 0 spiro atoms. The summed E-state index contributed by atoms with van der Waals surface area (Å²) in [4.78, 5) is 24.3. The highest BCUT2D eigenvalue weighted by atomic mass is 35.5. The lowest BCUT2D eigenvalue weighted by molar-refractivity contribution is -0.137. The average Bonchev–Trinajstić information content (AvgIpc) is 2.65. The number of rotatable bonds is 6. The summed E-state index contributed by atoms with van der Waals surface area (Å²) >= 11 is 5.98. The largest absolute Gasteiger partial charge is 0.416 e. The molecule has 2 aromatic rings. The summed E-state index contributed by atoms with van der Waals surface area (Å²) in [6, 6.07) is 8.49. The maximum absolute atomic E-state index is 12.8. The summed E-state index contributed by atoms with van der Waals surface area (Å²) in [5.74, 6) is -0.816. The summed E-state index contributed by atoms with van der Waals surface area (Å²) in [5, 5.41) is 8.01. The third kappa shape index (κ3) is 5.87. The minimum Gasteiger partial charge on any atom is -0.372 e. The quantitative estimate of drug-likeness (QED) is 0.620. The Labute approximate surface area is 171 Å². The van der Waals surface area contributed by atoms with E-state index < -0.39 is 17.8 Å². The van der Waals surface area contributed by atoms with Gasteiger partial charge in [-0.3, -0.25) is 9.59 Å². The molecule has 29 heavy (non-hydrogen) atoms. The Morgan fingerprint density at radius 2 is 1.66 bits per heavy atom. The Balaban J connectivity index is 2.15. The lowest BCUT2D eigenvalue weighted by atomic mass is 10.0. The molecule has 0 heterocycles. The summed E-state index contributed by atoms with van der Waals surface area (Å²) in [6.07, 6.45) is -4.50. The van der Waals surface area contributed by atoms with Gasteiger partial charge in [-0.25, -0.2) is 0 Å². The minimum absolute atomic E-state index is 0.131. The predicted molar refractivity (Wildman–Crippen MR) is 107 cm³/mol. The van der Waals surface area contributed by atoms with Crippen LogP contribution in [0.4, 0.5) is 24.5 Å². The highest BCUT2D eigenvalue weighted by Crippen LogP contribution is 2.34. The van der Waals surface area contributed by atoms with E-state index in [4.69, 9.17) is 11.6 Å². The highest BCUT2D eigenvalue weighted by molar-refractivity contribution is 6.33. The zero-order valence-electron chi connectivity index (χ0n) is 16.0. The number of alkyl halides is 3. The van der Waals surface area contributed by atoms with Crippen molar-refractivity contribution in [3.63, 3.8) is 0 Å². The molecular formula is C20H21ClF3N3O2. The number of carbonyl (C=O) groups is 2. The van der Waals surface area contributed by atoms with Gasteiger partial charge in [0.1, 0.15) is 6.04 Å². The van der Waals surface area contributed by atoms with E-state index >= 15 is 0 Å². The molecule has 0 aliphatic rings. The first-order chi connectivity index (χ1) is 13.5. The number of halogens is 4. The molecule has 0 aromatic heterocycles. The number of hydrogen-bond donors (Lipinski definition) is 3. The molecule has 3 N–H and O–H groups in total. The lowest BCUT2D eigenvalue weighted by Crippen LogP contribution is -2.39. The number of carbonyl (C=O) groups excluding carboxylic acids is 2. The first kappa shape index (κ1) is 22.5. The van der Waals surface area contributed by atoms with Crippen LogP contribution in [0.25, 0.3) is 0 Å². The molecule has 9 heteroatoms. The van der Waals surface area contributed by atoms with Gasteiger partial charge < -0.3 is 16.0 Å². The fraction of sp³-hybridized carbons (Fsp3) is 0.300. The molecule has 0 aliphatic carbocycles. The number of hydrogen-bond acceptors (Lipinski definition) is 3. The zero-order chi connectivity index (χ0) is 21.8. The van der Waals surface area contributed by atoms with E-state index in [1.54, 1.807) is 38.1 Å². The van der Waals surface area contributed by atoms with E-state index in [1.807, 2.05) is 0 Å². The standard InChI is InChI=1S/C20H21ClF3N3O2/c1-11(2)17(27-16-9-6-13(10-15(16)21)20(22,23)24)19(29)26-14-7-4-12(5-8-14)18(28)25-3/h4-11,17,27H,1-3H3,(H,25,28)(H,26,29). The molecule has 1 atom stereocenters. The minimum atomic E-state index is -4.50. The summed E-state index contributed by atoms with van der Waals surface area (Å²) in [5.41, 5.74) is 0.285. The molecule has 5 nitrogen and oxygen atoms in total. The van der Waals surface area contributed by atoms with Crippen LogP contribution in [0.15, 0.2) is 42.5 Å². The van der Waals surface area contributed by atoms with Crippen molar-refractivity contribution in [2.24, 2.45) is 5.92 Å². The molecule has 2 aromatic carbocycles. The van der Waals surface area contributed by atoms with Crippen LogP contribution < -0.4 is 16.0 Å². The van der Waals surface area contributed by atoms with Gasteiger partial charge in [0.05, 0.1) is 16.3 Å². The van der Waals surface area contributed by atoms with Gasteiger partial charge in [0.15, 0.2) is 0 Å². The Kier molecular flexibility index (Phi) is 7.13. The van der Waals surface area contributed by atoms with Gasteiger partial charge >= 0.3 is 6.18 Å². The third-order valence-corrected chi connectivity index (χ3v) is 4.51. The molecule has 2 amide bonds.